The van der Waals surface area contributed by atoms with Gasteiger partial charge in [0, 0.05) is 17.8 Å². The van der Waals surface area contributed by atoms with Gasteiger partial charge in [-0.3, -0.25) is 4.79 Å². The first-order valence-electron chi connectivity index (χ1n) is 7.67. The first-order chi connectivity index (χ1) is 11.6. The van der Waals surface area contributed by atoms with E-state index >= 15 is 0 Å². The molecule has 0 radical (unpaired) electrons. The Morgan fingerprint density at radius 2 is 2.00 bits per heavy atom. The van der Waals surface area contributed by atoms with Gasteiger partial charge < -0.3 is 14.8 Å². The minimum Gasteiger partial charge on any atom is -0.493 e. The van der Waals surface area contributed by atoms with E-state index in [1.807, 2.05) is 25.1 Å². The molecule has 0 aliphatic heterocycles. The van der Waals surface area contributed by atoms with E-state index in [1.165, 1.54) is 6.92 Å². The van der Waals surface area contributed by atoms with Gasteiger partial charge in [-0.2, -0.15) is 5.26 Å². The molecule has 0 aromatic heterocycles. The maximum absolute atomic E-state index is 11.7. The van der Waals surface area contributed by atoms with Crippen LogP contribution in [0.15, 0.2) is 36.4 Å². The van der Waals surface area contributed by atoms with Crippen LogP contribution in [0.4, 0.5) is 5.69 Å². The molecule has 1 N–H and O–H groups in total. The van der Waals surface area contributed by atoms with E-state index in [4.69, 9.17) is 14.7 Å². The molecular formula is C19H20N2O3. The van der Waals surface area contributed by atoms with Gasteiger partial charge >= 0.3 is 0 Å². The Morgan fingerprint density at radius 3 is 2.62 bits per heavy atom. The zero-order valence-electron chi connectivity index (χ0n) is 14.1. The molecule has 0 fully saturated rings. The summed E-state index contributed by atoms with van der Waals surface area (Å²) in [6, 6.07) is 12.8. The molecule has 0 aliphatic rings. The number of ketones is 1. The number of nitriles is 1. The number of Topliss-reactive ketones (excluding diaryl/α,β-unsaturated/α-hetero) is 1. The zero-order chi connectivity index (χ0) is 17.5. The Morgan fingerprint density at radius 1 is 1.21 bits per heavy atom. The molecule has 0 unspecified atom stereocenters. The quantitative estimate of drug-likeness (QED) is 0.785. The highest BCUT2D eigenvalue weighted by Gasteiger charge is 2.10. The van der Waals surface area contributed by atoms with Crippen LogP contribution in [0.5, 0.6) is 11.5 Å². The van der Waals surface area contributed by atoms with E-state index in [2.05, 4.69) is 11.4 Å². The third kappa shape index (κ3) is 4.05. The van der Waals surface area contributed by atoms with E-state index in [0.29, 0.717) is 41.5 Å². The van der Waals surface area contributed by atoms with Gasteiger partial charge in [-0.15, -0.1) is 0 Å². The lowest BCUT2D eigenvalue weighted by atomic mass is 10.1. The number of carbonyl (C=O) groups excluding carboxylic acids is 1. The second-order valence-corrected chi connectivity index (χ2v) is 5.20. The number of nitrogens with one attached hydrogen (secondary N) is 1. The van der Waals surface area contributed by atoms with Crippen LogP contribution >= 0.6 is 0 Å². The Kier molecular flexibility index (Phi) is 5.80. The average Bonchev–Trinajstić information content (AvgIpc) is 2.60. The van der Waals surface area contributed by atoms with E-state index in [0.717, 1.165) is 5.56 Å². The molecule has 5 heteroatoms. The number of ether oxygens (including phenoxy) is 2. The average molecular weight is 324 g/mol. The van der Waals surface area contributed by atoms with Crippen molar-refractivity contribution in [3.8, 4) is 17.6 Å². The second-order valence-electron chi connectivity index (χ2n) is 5.20. The molecular weight excluding hydrogens is 304 g/mol. The van der Waals surface area contributed by atoms with Gasteiger partial charge in [0.15, 0.2) is 17.3 Å². The standard InChI is InChI=1S/C19H20N2O3/c1-4-24-18-8-6-15(10-19(18)23-3)12-21-17-9-14(11-20)5-7-16(17)13(2)22/h5-10,21H,4,12H2,1-3H3. The van der Waals surface area contributed by atoms with Crippen LogP contribution in [0.1, 0.15) is 35.3 Å². The number of hydrogen-bond donors (Lipinski definition) is 1. The van der Waals surface area contributed by atoms with E-state index < -0.39 is 0 Å². The Labute approximate surface area is 141 Å². The molecule has 124 valence electrons. The first kappa shape index (κ1) is 17.4. The summed E-state index contributed by atoms with van der Waals surface area (Å²) in [5.74, 6) is 1.31. The van der Waals surface area contributed by atoms with Crippen LogP contribution in [0.25, 0.3) is 0 Å². The van der Waals surface area contributed by atoms with Gasteiger partial charge in [-0.1, -0.05) is 6.07 Å². The summed E-state index contributed by atoms with van der Waals surface area (Å²) in [4.78, 5) is 11.7. The third-order valence-corrected chi connectivity index (χ3v) is 3.54. The largest absolute Gasteiger partial charge is 0.493 e. The van der Waals surface area contributed by atoms with Gasteiger partial charge in [0.1, 0.15) is 0 Å². The second kappa shape index (κ2) is 8.02. The molecule has 2 aromatic carbocycles. The van der Waals surface area contributed by atoms with Crippen molar-refractivity contribution in [1.29, 1.82) is 5.26 Å². The van der Waals surface area contributed by atoms with Crippen LogP contribution in [0.3, 0.4) is 0 Å². The molecule has 0 saturated heterocycles. The highest BCUT2D eigenvalue weighted by Crippen LogP contribution is 2.28. The first-order valence-corrected chi connectivity index (χ1v) is 7.67. The molecule has 0 saturated carbocycles. The van der Waals surface area contributed by atoms with E-state index in [-0.39, 0.29) is 5.78 Å². The number of nitrogens with zero attached hydrogens (tertiary/aromatic N) is 1. The predicted octanol–water partition coefficient (Wildman–Crippen LogP) is 3.78. The van der Waals surface area contributed by atoms with Gasteiger partial charge in [0.25, 0.3) is 0 Å². The molecule has 0 heterocycles. The van der Waals surface area contributed by atoms with Crippen LogP contribution in [-0.2, 0) is 6.54 Å². The van der Waals surface area contributed by atoms with E-state index in [9.17, 15) is 4.79 Å². The number of hydrogen-bond acceptors (Lipinski definition) is 5. The molecule has 5 nitrogen and oxygen atoms in total. The zero-order valence-corrected chi connectivity index (χ0v) is 14.1. The smallest absolute Gasteiger partial charge is 0.161 e. The maximum atomic E-state index is 11.7. The fourth-order valence-electron chi connectivity index (χ4n) is 2.36. The van der Waals surface area contributed by atoms with Crippen molar-refractivity contribution in [3.05, 3.63) is 53.1 Å². The SMILES string of the molecule is CCOc1ccc(CNc2cc(C#N)ccc2C(C)=O)cc1OC. The number of anilines is 1. The summed E-state index contributed by atoms with van der Waals surface area (Å²) in [5.41, 5.74) is 2.69. The Bertz CT molecular complexity index is 779. The number of benzene rings is 2. The molecule has 24 heavy (non-hydrogen) atoms. The van der Waals surface area contributed by atoms with E-state index in [1.54, 1.807) is 25.3 Å². The molecule has 0 bridgehead atoms. The minimum atomic E-state index is -0.0498. The fourth-order valence-corrected chi connectivity index (χ4v) is 2.36. The van der Waals surface area contributed by atoms with Gasteiger partial charge in [0.05, 0.1) is 25.3 Å². The van der Waals surface area contributed by atoms with Crippen molar-refractivity contribution >= 4 is 11.5 Å². The fraction of sp³-hybridized carbons (Fsp3) is 0.263. The van der Waals surface area contributed by atoms with Crippen molar-refractivity contribution in [2.24, 2.45) is 0 Å². The summed E-state index contributed by atoms with van der Waals surface area (Å²) in [6.07, 6.45) is 0. The molecule has 2 rings (SSSR count). The lowest BCUT2D eigenvalue weighted by Crippen LogP contribution is -2.06. The highest BCUT2D eigenvalue weighted by molar-refractivity contribution is 5.99. The predicted molar refractivity (Wildman–Crippen MR) is 92.7 cm³/mol. The molecule has 0 spiro atoms. The van der Waals surface area contributed by atoms with Crippen LogP contribution in [0.2, 0.25) is 0 Å². The van der Waals surface area contributed by atoms with Crippen molar-refractivity contribution in [2.45, 2.75) is 20.4 Å². The van der Waals surface area contributed by atoms with Crippen molar-refractivity contribution in [2.75, 3.05) is 19.0 Å². The molecule has 0 amide bonds. The Hall–Kier alpha value is -3.00. The number of methoxy groups -OCH3 is 1. The van der Waals surface area contributed by atoms with Crippen molar-refractivity contribution < 1.29 is 14.3 Å². The number of carbonyl (C=O) groups is 1. The van der Waals surface area contributed by atoms with Gasteiger partial charge in [-0.25, -0.2) is 0 Å². The van der Waals surface area contributed by atoms with Crippen LogP contribution in [0, 0.1) is 11.3 Å². The van der Waals surface area contributed by atoms with Crippen LogP contribution in [-0.4, -0.2) is 19.5 Å². The maximum Gasteiger partial charge on any atom is 0.161 e. The van der Waals surface area contributed by atoms with Gasteiger partial charge in [-0.05, 0) is 49.7 Å². The summed E-state index contributed by atoms with van der Waals surface area (Å²) >= 11 is 0. The van der Waals surface area contributed by atoms with Crippen molar-refractivity contribution in [1.82, 2.24) is 0 Å². The lowest BCUT2D eigenvalue weighted by molar-refractivity contribution is 0.101. The normalized spacial score (nSPS) is 9.92. The molecule has 0 aliphatic carbocycles. The summed E-state index contributed by atoms with van der Waals surface area (Å²) in [6.45, 7) is 4.49. The lowest BCUT2D eigenvalue weighted by Gasteiger charge is -2.13. The minimum absolute atomic E-state index is 0.0498. The topological polar surface area (TPSA) is 71.3 Å². The van der Waals surface area contributed by atoms with Crippen molar-refractivity contribution in [3.63, 3.8) is 0 Å². The van der Waals surface area contributed by atoms with Crippen LogP contribution < -0.4 is 14.8 Å². The molecule has 2 aromatic rings. The Balaban J connectivity index is 2.22. The summed E-state index contributed by atoms with van der Waals surface area (Å²) in [7, 11) is 1.60. The third-order valence-electron chi connectivity index (χ3n) is 3.54. The summed E-state index contributed by atoms with van der Waals surface area (Å²) < 4.78 is 10.8. The summed E-state index contributed by atoms with van der Waals surface area (Å²) in [5, 5.41) is 12.3. The number of rotatable bonds is 7. The van der Waals surface area contributed by atoms with Gasteiger partial charge in [0.2, 0.25) is 0 Å². The molecule has 0 atom stereocenters. The highest BCUT2D eigenvalue weighted by atomic mass is 16.5. The monoisotopic (exact) mass is 324 g/mol.